The Bertz CT molecular complexity index is 644. The molecule has 1 aliphatic heterocycles. The second-order valence-corrected chi connectivity index (χ2v) is 5.40. The van der Waals surface area contributed by atoms with Crippen molar-refractivity contribution >= 4 is 5.78 Å². The van der Waals surface area contributed by atoms with Crippen molar-refractivity contribution in [2.45, 2.75) is 32.7 Å². The number of ketones is 1. The topological polar surface area (TPSA) is 44.1 Å². The Kier molecular flexibility index (Phi) is 3.30. The normalized spacial score (nSPS) is 13.3. The molecule has 0 saturated heterocycles. The van der Waals surface area contributed by atoms with Gasteiger partial charge in [0.2, 0.25) is 0 Å². The predicted octanol–water partition coefficient (Wildman–Crippen LogP) is 2.82. The number of hydrogen-bond acceptors (Lipinski definition) is 3. The second-order valence-electron chi connectivity index (χ2n) is 5.40. The molecule has 0 amide bonds. The lowest BCUT2D eigenvalue weighted by molar-refractivity contribution is 0.0991. The van der Waals surface area contributed by atoms with Crippen LogP contribution in [-0.2, 0) is 12.8 Å². The number of nitrogens with zero attached hydrogens (tertiary/aromatic N) is 2. The summed E-state index contributed by atoms with van der Waals surface area (Å²) >= 11 is 0. The number of Topliss-reactive ketones (excluding diaryl/α,β-unsaturated/α-hetero) is 1. The molecule has 0 bridgehead atoms. The van der Waals surface area contributed by atoms with Crippen LogP contribution >= 0.6 is 0 Å². The smallest absolute Gasteiger partial charge is 0.168 e. The molecule has 2 aromatic rings. The van der Waals surface area contributed by atoms with E-state index in [2.05, 4.69) is 18.9 Å². The van der Waals surface area contributed by atoms with E-state index in [-0.39, 0.29) is 5.78 Å². The number of aromatic nitrogens is 2. The van der Waals surface area contributed by atoms with Crippen molar-refractivity contribution in [3.05, 3.63) is 47.3 Å². The number of rotatable bonds is 4. The summed E-state index contributed by atoms with van der Waals surface area (Å²) in [6, 6.07) is 7.91. The summed E-state index contributed by atoms with van der Waals surface area (Å²) in [5.74, 6) is 1.01. The lowest BCUT2D eigenvalue weighted by Crippen LogP contribution is -2.06. The molecule has 4 heteroatoms. The van der Waals surface area contributed by atoms with Crippen molar-refractivity contribution in [1.82, 2.24) is 9.78 Å². The van der Waals surface area contributed by atoms with Gasteiger partial charge in [0, 0.05) is 24.2 Å². The number of carbonyl (C=O) groups is 1. The number of benzene rings is 1. The number of hydrogen-bond donors (Lipinski definition) is 0. The molecule has 0 saturated carbocycles. The van der Waals surface area contributed by atoms with E-state index >= 15 is 0 Å². The van der Waals surface area contributed by atoms with Gasteiger partial charge in [-0.2, -0.15) is 5.10 Å². The molecule has 2 heterocycles. The molecule has 104 valence electrons. The Balaban J connectivity index is 1.75. The van der Waals surface area contributed by atoms with Gasteiger partial charge in [-0.15, -0.1) is 0 Å². The lowest BCUT2D eigenvalue weighted by Gasteiger charge is -2.04. The first kappa shape index (κ1) is 12.9. The van der Waals surface area contributed by atoms with Gasteiger partial charge in [-0.3, -0.25) is 9.48 Å². The third kappa shape index (κ3) is 2.46. The number of carbonyl (C=O) groups excluding carboxylic acids is 1. The molecule has 1 aliphatic rings. The molecule has 0 aliphatic carbocycles. The highest BCUT2D eigenvalue weighted by Crippen LogP contribution is 2.26. The third-order valence-electron chi connectivity index (χ3n) is 3.55. The molecule has 0 fully saturated rings. The van der Waals surface area contributed by atoms with Gasteiger partial charge in [-0.05, 0) is 43.7 Å². The van der Waals surface area contributed by atoms with Gasteiger partial charge in [0.05, 0.1) is 18.7 Å². The monoisotopic (exact) mass is 270 g/mol. The maximum absolute atomic E-state index is 12.3. The zero-order chi connectivity index (χ0) is 14.1. The Morgan fingerprint density at radius 1 is 1.40 bits per heavy atom. The number of fused-ring (bicyclic) bond motifs is 1. The van der Waals surface area contributed by atoms with E-state index in [1.54, 1.807) is 0 Å². The summed E-state index contributed by atoms with van der Waals surface area (Å²) < 4.78 is 7.33. The van der Waals surface area contributed by atoms with E-state index < -0.39 is 0 Å². The van der Waals surface area contributed by atoms with Crippen LogP contribution in [0.4, 0.5) is 0 Å². The molecule has 0 atom stereocenters. The maximum atomic E-state index is 12.3. The van der Waals surface area contributed by atoms with Crippen LogP contribution in [0.2, 0.25) is 0 Å². The van der Waals surface area contributed by atoms with E-state index in [4.69, 9.17) is 4.74 Å². The standard InChI is InChI=1S/C16H18N2O2/c1-11(2)18-7-5-14(17-18)10-15(19)12-3-4-16-13(9-12)6-8-20-16/h3-5,7,9,11H,6,8,10H2,1-2H3. The average molecular weight is 270 g/mol. The largest absolute Gasteiger partial charge is 0.493 e. The molecular formula is C16H18N2O2. The van der Waals surface area contributed by atoms with Crippen LogP contribution in [0.1, 0.15) is 41.5 Å². The van der Waals surface area contributed by atoms with E-state index in [0.717, 1.165) is 29.0 Å². The fraction of sp³-hybridized carbons (Fsp3) is 0.375. The Morgan fingerprint density at radius 2 is 2.25 bits per heavy atom. The molecule has 1 aromatic carbocycles. The Labute approximate surface area is 118 Å². The van der Waals surface area contributed by atoms with Crippen LogP contribution in [-0.4, -0.2) is 22.2 Å². The molecule has 20 heavy (non-hydrogen) atoms. The molecule has 0 unspecified atom stereocenters. The Hall–Kier alpha value is -2.10. The molecule has 4 nitrogen and oxygen atoms in total. The van der Waals surface area contributed by atoms with Crippen LogP contribution in [0.5, 0.6) is 5.75 Å². The molecule has 1 aromatic heterocycles. The summed E-state index contributed by atoms with van der Waals surface area (Å²) in [4.78, 5) is 12.3. The third-order valence-corrected chi connectivity index (χ3v) is 3.55. The lowest BCUT2D eigenvalue weighted by atomic mass is 10.0. The molecule has 0 spiro atoms. The van der Waals surface area contributed by atoms with E-state index in [1.807, 2.05) is 35.1 Å². The van der Waals surface area contributed by atoms with Crippen molar-refractivity contribution in [2.75, 3.05) is 6.61 Å². The van der Waals surface area contributed by atoms with Crippen molar-refractivity contribution in [3.8, 4) is 5.75 Å². The fourth-order valence-corrected chi connectivity index (χ4v) is 2.39. The van der Waals surface area contributed by atoms with Gasteiger partial charge in [-0.25, -0.2) is 0 Å². The van der Waals surface area contributed by atoms with Gasteiger partial charge in [-0.1, -0.05) is 0 Å². The summed E-state index contributed by atoms with van der Waals surface area (Å²) in [5.41, 5.74) is 2.69. The van der Waals surface area contributed by atoms with E-state index in [0.29, 0.717) is 19.1 Å². The quantitative estimate of drug-likeness (QED) is 0.802. The fourth-order valence-electron chi connectivity index (χ4n) is 2.39. The Morgan fingerprint density at radius 3 is 3.00 bits per heavy atom. The zero-order valence-electron chi connectivity index (χ0n) is 11.8. The van der Waals surface area contributed by atoms with Gasteiger partial charge in [0.25, 0.3) is 0 Å². The van der Waals surface area contributed by atoms with Crippen LogP contribution in [0.15, 0.2) is 30.5 Å². The molecule has 3 rings (SSSR count). The first-order chi connectivity index (χ1) is 9.63. The highest BCUT2D eigenvalue weighted by Gasteiger charge is 2.16. The SMILES string of the molecule is CC(C)n1ccc(CC(=O)c2ccc3c(c2)CCO3)n1. The van der Waals surface area contributed by atoms with Crippen LogP contribution < -0.4 is 4.74 Å². The summed E-state index contributed by atoms with van der Waals surface area (Å²) in [6.45, 7) is 4.85. The summed E-state index contributed by atoms with van der Waals surface area (Å²) in [6.07, 6.45) is 3.15. The second kappa shape index (κ2) is 5.12. The first-order valence-corrected chi connectivity index (χ1v) is 6.96. The minimum absolute atomic E-state index is 0.105. The van der Waals surface area contributed by atoms with E-state index in [1.165, 1.54) is 0 Å². The van der Waals surface area contributed by atoms with Crippen molar-refractivity contribution in [2.24, 2.45) is 0 Å². The molecule has 0 radical (unpaired) electrons. The maximum Gasteiger partial charge on any atom is 0.168 e. The molecule has 0 N–H and O–H groups in total. The predicted molar refractivity (Wildman–Crippen MR) is 76.3 cm³/mol. The average Bonchev–Trinajstić information content (AvgIpc) is 3.05. The van der Waals surface area contributed by atoms with Gasteiger partial charge < -0.3 is 4.74 Å². The number of ether oxygens (including phenoxy) is 1. The van der Waals surface area contributed by atoms with Gasteiger partial charge in [0.15, 0.2) is 5.78 Å². The van der Waals surface area contributed by atoms with Crippen LogP contribution in [0.25, 0.3) is 0 Å². The summed E-state index contributed by atoms with van der Waals surface area (Å²) in [5, 5.41) is 4.42. The van der Waals surface area contributed by atoms with Gasteiger partial charge in [0.1, 0.15) is 5.75 Å². The van der Waals surface area contributed by atoms with E-state index in [9.17, 15) is 4.79 Å². The highest BCUT2D eigenvalue weighted by atomic mass is 16.5. The minimum Gasteiger partial charge on any atom is -0.493 e. The zero-order valence-corrected chi connectivity index (χ0v) is 11.8. The highest BCUT2D eigenvalue weighted by molar-refractivity contribution is 5.97. The van der Waals surface area contributed by atoms with Crippen molar-refractivity contribution in [1.29, 1.82) is 0 Å². The first-order valence-electron chi connectivity index (χ1n) is 6.96. The van der Waals surface area contributed by atoms with Crippen molar-refractivity contribution in [3.63, 3.8) is 0 Å². The summed E-state index contributed by atoms with van der Waals surface area (Å²) in [7, 11) is 0. The van der Waals surface area contributed by atoms with Crippen molar-refractivity contribution < 1.29 is 9.53 Å². The van der Waals surface area contributed by atoms with Gasteiger partial charge >= 0.3 is 0 Å². The van der Waals surface area contributed by atoms with Crippen LogP contribution in [0, 0.1) is 0 Å². The van der Waals surface area contributed by atoms with Crippen LogP contribution in [0.3, 0.4) is 0 Å². The minimum atomic E-state index is 0.105. The molecular weight excluding hydrogens is 252 g/mol.